The van der Waals surface area contributed by atoms with E-state index >= 15 is 0 Å². The van der Waals surface area contributed by atoms with Crippen molar-refractivity contribution in [2.75, 3.05) is 21.3 Å². The lowest BCUT2D eigenvalue weighted by molar-refractivity contribution is 0.0949. The van der Waals surface area contributed by atoms with Gasteiger partial charge in [0.1, 0.15) is 17.2 Å². The molecule has 7 heteroatoms. The third-order valence-corrected chi connectivity index (χ3v) is 5.12. The number of carbonyl (C=O) groups is 1. The van der Waals surface area contributed by atoms with Crippen LogP contribution in [0.4, 0.5) is 0 Å². The molecule has 0 fully saturated rings. The summed E-state index contributed by atoms with van der Waals surface area (Å²) in [6.07, 6.45) is 1.62. The van der Waals surface area contributed by atoms with Crippen LogP contribution in [0.5, 0.6) is 17.2 Å². The second kappa shape index (κ2) is 9.55. The number of methoxy groups -OCH3 is 3. The first-order chi connectivity index (χ1) is 14.9. The summed E-state index contributed by atoms with van der Waals surface area (Å²) in [5, 5.41) is 7.47. The topological polar surface area (TPSA) is 74.6 Å². The van der Waals surface area contributed by atoms with E-state index in [1.807, 2.05) is 49.7 Å². The van der Waals surface area contributed by atoms with E-state index < -0.39 is 0 Å². The fourth-order valence-corrected chi connectivity index (χ4v) is 3.50. The molecule has 1 amide bonds. The predicted molar refractivity (Wildman–Crippen MR) is 120 cm³/mol. The highest BCUT2D eigenvalue weighted by atomic mass is 16.5. The van der Waals surface area contributed by atoms with Crippen molar-refractivity contribution in [2.45, 2.75) is 33.2 Å². The molecule has 0 bridgehead atoms. The van der Waals surface area contributed by atoms with Crippen molar-refractivity contribution in [1.82, 2.24) is 15.1 Å². The Morgan fingerprint density at radius 3 is 2.16 bits per heavy atom. The van der Waals surface area contributed by atoms with Gasteiger partial charge < -0.3 is 19.5 Å². The molecule has 0 saturated heterocycles. The third kappa shape index (κ3) is 4.66. The van der Waals surface area contributed by atoms with E-state index in [9.17, 15) is 4.79 Å². The van der Waals surface area contributed by atoms with E-state index in [0.717, 1.165) is 16.9 Å². The van der Waals surface area contributed by atoms with E-state index in [2.05, 4.69) is 10.4 Å². The van der Waals surface area contributed by atoms with Crippen LogP contribution in [0.15, 0.2) is 42.6 Å². The lowest BCUT2D eigenvalue weighted by Gasteiger charge is -2.16. The fraction of sp³-hybridized carbons (Fsp3) is 0.333. The maximum absolute atomic E-state index is 13.1. The zero-order valence-corrected chi connectivity index (χ0v) is 18.9. The summed E-state index contributed by atoms with van der Waals surface area (Å²) in [5.74, 6) is 1.67. The normalized spacial score (nSPS) is 10.8. The molecule has 0 aliphatic rings. The molecular weight excluding hydrogens is 394 g/mol. The van der Waals surface area contributed by atoms with E-state index in [0.29, 0.717) is 22.8 Å². The molecule has 0 aliphatic heterocycles. The smallest absolute Gasteiger partial charge is 0.255 e. The van der Waals surface area contributed by atoms with Crippen LogP contribution in [-0.2, 0) is 6.54 Å². The summed E-state index contributed by atoms with van der Waals surface area (Å²) in [6.45, 7) is 6.38. The zero-order valence-electron chi connectivity index (χ0n) is 18.9. The minimum absolute atomic E-state index is 0.106. The molecular formula is C24H29N3O4. The Hall–Kier alpha value is -3.48. The Morgan fingerprint density at radius 1 is 1.03 bits per heavy atom. The first-order valence-corrected chi connectivity index (χ1v) is 10.1. The van der Waals surface area contributed by atoms with Crippen LogP contribution in [0.3, 0.4) is 0 Å². The molecule has 0 spiro atoms. The second-order valence-electron chi connectivity index (χ2n) is 7.54. The standard InChI is InChI=1S/C24H29N3O4/c1-15(2)23-20(14-26-27(23)17-9-7-16(3)8-10-17)24(28)25-13-19-21(30-5)11-18(29-4)12-22(19)31-6/h7-12,14-15H,13H2,1-6H3,(H,25,28). The van der Waals surface area contributed by atoms with Gasteiger partial charge in [0, 0.05) is 12.1 Å². The van der Waals surface area contributed by atoms with Gasteiger partial charge in [-0.3, -0.25) is 4.79 Å². The number of aryl methyl sites for hydroxylation is 1. The van der Waals surface area contributed by atoms with Gasteiger partial charge >= 0.3 is 0 Å². The van der Waals surface area contributed by atoms with Gasteiger partial charge in [-0.25, -0.2) is 4.68 Å². The van der Waals surface area contributed by atoms with Gasteiger partial charge in [0.25, 0.3) is 5.91 Å². The van der Waals surface area contributed by atoms with Crippen molar-refractivity contribution >= 4 is 5.91 Å². The SMILES string of the molecule is COc1cc(OC)c(CNC(=O)c2cnn(-c3ccc(C)cc3)c2C(C)C)c(OC)c1. The lowest BCUT2D eigenvalue weighted by Crippen LogP contribution is -2.24. The third-order valence-electron chi connectivity index (χ3n) is 5.12. The van der Waals surface area contributed by atoms with Crippen LogP contribution in [0.25, 0.3) is 5.69 Å². The largest absolute Gasteiger partial charge is 0.496 e. The molecule has 3 aromatic rings. The van der Waals surface area contributed by atoms with Crippen LogP contribution < -0.4 is 19.5 Å². The number of nitrogens with one attached hydrogen (secondary N) is 1. The molecule has 7 nitrogen and oxygen atoms in total. The van der Waals surface area contributed by atoms with Crippen LogP contribution in [-0.4, -0.2) is 37.0 Å². The van der Waals surface area contributed by atoms with E-state index in [1.165, 1.54) is 5.56 Å². The van der Waals surface area contributed by atoms with E-state index in [1.54, 1.807) is 39.7 Å². The molecule has 0 saturated carbocycles. The molecule has 0 atom stereocenters. The Kier molecular flexibility index (Phi) is 6.84. The monoisotopic (exact) mass is 423 g/mol. The number of nitrogens with zero attached hydrogens (tertiary/aromatic N) is 2. The summed E-state index contributed by atoms with van der Waals surface area (Å²) < 4.78 is 18.1. The van der Waals surface area contributed by atoms with Gasteiger partial charge in [0.15, 0.2) is 0 Å². The van der Waals surface area contributed by atoms with Gasteiger partial charge in [-0.1, -0.05) is 31.5 Å². The van der Waals surface area contributed by atoms with Crippen molar-refractivity contribution in [2.24, 2.45) is 0 Å². The summed E-state index contributed by atoms with van der Waals surface area (Å²) >= 11 is 0. The Bertz CT molecular complexity index is 1030. The maximum atomic E-state index is 13.1. The van der Waals surface area contributed by atoms with Crippen LogP contribution in [0.1, 0.15) is 46.9 Å². The van der Waals surface area contributed by atoms with Crippen LogP contribution in [0, 0.1) is 6.92 Å². The van der Waals surface area contributed by atoms with Crippen molar-refractivity contribution in [1.29, 1.82) is 0 Å². The molecule has 2 aromatic carbocycles. The minimum atomic E-state index is -0.206. The average molecular weight is 424 g/mol. The highest BCUT2D eigenvalue weighted by Crippen LogP contribution is 2.34. The number of aromatic nitrogens is 2. The maximum Gasteiger partial charge on any atom is 0.255 e. The summed E-state index contributed by atoms with van der Waals surface area (Å²) in [6, 6.07) is 11.6. The van der Waals surface area contributed by atoms with Gasteiger partial charge in [-0.05, 0) is 25.0 Å². The Balaban J connectivity index is 1.89. The summed E-state index contributed by atoms with van der Waals surface area (Å²) in [5.41, 5.74) is 4.22. The summed E-state index contributed by atoms with van der Waals surface area (Å²) in [7, 11) is 4.72. The first-order valence-electron chi connectivity index (χ1n) is 10.1. The molecule has 0 unspecified atom stereocenters. The van der Waals surface area contributed by atoms with Gasteiger partial charge in [-0.2, -0.15) is 5.10 Å². The van der Waals surface area contributed by atoms with E-state index in [-0.39, 0.29) is 18.4 Å². The molecule has 0 aliphatic carbocycles. The average Bonchev–Trinajstić information content (AvgIpc) is 3.23. The molecule has 0 radical (unpaired) electrons. The number of benzene rings is 2. The van der Waals surface area contributed by atoms with Crippen LogP contribution in [0.2, 0.25) is 0 Å². The highest BCUT2D eigenvalue weighted by Gasteiger charge is 2.22. The van der Waals surface area contributed by atoms with Crippen LogP contribution >= 0.6 is 0 Å². The highest BCUT2D eigenvalue weighted by molar-refractivity contribution is 5.95. The zero-order chi connectivity index (χ0) is 22.5. The fourth-order valence-electron chi connectivity index (χ4n) is 3.50. The molecule has 3 rings (SSSR count). The second-order valence-corrected chi connectivity index (χ2v) is 7.54. The number of hydrogen-bond donors (Lipinski definition) is 1. The number of rotatable bonds is 8. The van der Waals surface area contributed by atoms with Gasteiger partial charge in [-0.15, -0.1) is 0 Å². The lowest BCUT2D eigenvalue weighted by atomic mass is 10.0. The van der Waals surface area contributed by atoms with Crippen molar-refractivity contribution < 1.29 is 19.0 Å². The minimum Gasteiger partial charge on any atom is -0.496 e. The number of ether oxygens (including phenoxy) is 3. The van der Waals surface area contributed by atoms with Gasteiger partial charge in [0.2, 0.25) is 0 Å². The van der Waals surface area contributed by atoms with Crippen molar-refractivity contribution in [3.63, 3.8) is 0 Å². The quantitative estimate of drug-likeness (QED) is 0.586. The van der Waals surface area contributed by atoms with Gasteiger partial charge in [0.05, 0.1) is 56.6 Å². The summed E-state index contributed by atoms with van der Waals surface area (Å²) in [4.78, 5) is 13.1. The molecule has 1 N–H and O–H groups in total. The number of amides is 1. The van der Waals surface area contributed by atoms with E-state index in [4.69, 9.17) is 14.2 Å². The molecule has 31 heavy (non-hydrogen) atoms. The molecule has 1 aromatic heterocycles. The van der Waals surface area contributed by atoms with Crippen molar-refractivity contribution in [3.8, 4) is 22.9 Å². The number of hydrogen-bond acceptors (Lipinski definition) is 5. The molecule has 164 valence electrons. The number of carbonyl (C=O) groups excluding carboxylic acids is 1. The molecule has 1 heterocycles. The van der Waals surface area contributed by atoms with Crippen molar-refractivity contribution in [3.05, 3.63) is 65.0 Å². The Labute approximate surface area is 182 Å². The first kappa shape index (κ1) is 22.2. The Morgan fingerprint density at radius 2 is 1.65 bits per heavy atom. The predicted octanol–water partition coefficient (Wildman–Crippen LogP) is 4.26.